The third kappa shape index (κ3) is 5.28. The van der Waals surface area contributed by atoms with E-state index in [1.54, 1.807) is 0 Å². The lowest BCUT2D eigenvalue weighted by Gasteiger charge is -2.27. The molecule has 0 fully saturated rings. The predicted octanol–water partition coefficient (Wildman–Crippen LogP) is 14.7. The normalized spacial score (nSPS) is 17.6. The van der Waals surface area contributed by atoms with Crippen LogP contribution in [0, 0.1) is 0 Å². The fourth-order valence-electron chi connectivity index (χ4n) is 10.5. The van der Waals surface area contributed by atoms with Crippen LogP contribution in [-0.4, -0.2) is 23.8 Å². The van der Waals surface area contributed by atoms with Crippen molar-refractivity contribution in [3.05, 3.63) is 205 Å². The lowest BCUT2D eigenvalue weighted by molar-refractivity contribution is 0.702. The van der Waals surface area contributed by atoms with Crippen LogP contribution in [0.1, 0.15) is 36.1 Å². The summed E-state index contributed by atoms with van der Waals surface area (Å²) in [4.78, 5) is 12.3. The minimum absolute atomic E-state index is 0.00439. The molecule has 0 radical (unpaired) electrons. The van der Waals surface area contributed by atoms with Crippen molar-refractivity contribution < 1.29 is 0 Å². The summed E-state index contributed by atoms with van der Waals surface area (Å²) in [6, 6.07) is 57.3. The maximum Gasteiger partial charge on any atom is 0.235 e. The molecule has 0 saturated carbocycles. The first kappa shape index (κ1) is 35.5. The van der Waals surface area contributed by atoms with Gasteiger partial charge < -0.3 is 4.57 Å². The molecule has 0 amide bonds. The van der Waals surface area contributed by atoms with Crippen molar-refractivity contribution in [1.82, 2.24) is 19.1 Å². The Labute approximate surface area is 364 Å². The molecule has 3 aliphatic rings. The summed E-state index contributed by atoms with van der Waals surface area (Å²) in [5.74, 6) is 1.01. The van der Waals surface area contributed by atoms with E-state index in [0.717, 1.165) is 46.0 Å². The van der Waals surface area contributed by atoms with Crippen LogP contribution in [0.25, 0.3) is 94.8 Å². The number of fused-ring (bicyclic) bond motifs is 11. The van der Waals surface area contributed by atoms with Crippen LogP contribution < -0.4 is 0 Å². The average Bonchev–Trinajstić information content (AvgIpc) is 3.96. The fraction of sp³-hybridized carbons (Fsp3) is 0.0877. The Morgan fingerprint density at radius 2 is 1.39 bits per heavy atom. The molecule has 2 atom stereocenters. The standard InChI is InChI=1S/C57H40N4S/c1-57-34-13-12-23-47(57)44-22-14-21-41(55(44)62-57)39-30-32-50-46(35-39)52-51(33-31-43-42-19-9-11-25-49(42)60(54(43)52)40-17-6-3-7-18-40)61(50)56-58-48-24-10-8-20-45(48)53(59-56)38-28-26-37(27-29-38)36-15-4-2-5-16-36/h2-10,12-24,26-35,47H,11,25H2,1H3. The van der Waals surface area contributed by atoms with E-state index >= 15 is 0 Å². The smallest absolute Gasteiger partial charge is 0.235 e. The summed E-state index contributed by atoms with van der Waals surface area (Å²) in [7, 11) is 0. The monoisotopic (exact) mass is 812 g/mol. The minimum Gasteiger partial charge on any atom is -0.312 e. The molecule has 4 nitrogen and oxygen atoms in total. The molecular weight excluding hydrogens is 773 g/mol. The van der Waals surface area contributed by atoms with Gasteiger partial charge in [0.25, 0.3) is 0 Å². The Hall–Kier alpha value is -7.21. The van der Waals surface area contributed by atoms with E-state index < -0.39 is 0 Å². The number of hydrogen-bond acceptors (Lipinski definition) is 3. The number of thioether (sulfide) groups is 1. The Balaban J connectivity index is 1.10. The molecule has 0 N–H and O–H groups in total. The van der Waals surface area contributed by atoms with Gasteiger partial charge >= 0.3 is 0 Å². The van der Waals surface area contributed by atoms with Crippen molar-refractivity contribution >= 4 is 61.4 Å². The molecule has 0 spiro atoms. The van der Waals surface area contributed by atoms with Gasteiger partial charge in [0.05, 0.1) is 27.8 Å². The summed E-state index contributed by atoms with van der Waals surface area (Å²) in [5, 5.41) is 4.69. The lowest BCUT2D eigenvalue weighted by Crippen LogP contribution is -2.22. The molecule has 2 unspecified atom stereocenters. The van der Waals surface area contributed by atoms with Gasteiger partial charge in [-0.25, -0.2) is 9.97 Å². The highest BCUT2D eigenvalue weighted by Crippen LogP contribution is 2.58. The van der Waals surface area contributed by atoms with Crippen molar-refractivity contribution in [3.63, 3.8) is 0 Å². The Bertz CT molecular complexity index is 3550. The Morgan fingerprint density at radius 3 is 2.26 bits per heavy atom. The van der Waals surface area contributed by atoms with Gasteiger partial charge in [-0.1, -0.05) is 158 Å². The first-order chi connectivity index (χ1) is 30.6. The first-order valence-corrected chi connectivity index (χ1v) is 22.4. The van der Waals surface area contributed by atoms with Gasteiger partial charge in [0, 0.05) is 59.6 Å². The number of para-hydroxylation sites is 2. The third-order valence-corrected chi connectivity index (χ3v) is 14.9. The van der Waals surface area contributed by atoms with Gasteiger partial charge in [-0.15, -0.1) is 11.8 Å². The van der Waals surface area contributed by atoms with Gasteiger partial charge in [-0.3, -0.25) is 4.57 Å². The zero-order chi connectivity index (χ0) is 40.9. The number of nitrogens with zero attached hydrogens (tertiary/aromatic N) is 4. The molecule has 294 valence electrons. The average molecular weight is 813 g/mol. The van der Waals surface area contributed by atoms with Crippen LogP contribution in [0.2, 0.25) is 0 Å². The number of aromatic nitrogens is 4. The van der Waals surface area contributed by atoms with Gasteiger partial charge in [0.2, 0.25) is 5.95 Å². The van der Waals surface area contributed by atoms with Crippen LogP contribution >= 0.6 is 11.8 Å². The van der Waals surface area contributed by atoms with Crippen molar-refractivity contribution in [3.8, 4) is 45.1 Å². The van der Waals surface area contributed by atoms with Crippen LogP contribution in [0.3, 0.4) is 0 Å². The van der Waals surface area contributed by atoms with E-state index in [0.29, 0.717) is 11.9 Å². The van der Waals surface area contributed by atoms with Crippen LogP contribution in [0.15, 0.2) is 193 Å². The molecule has 13 rings (SSSR count). The molecule has 1 aliphatic heterocycles. The van der Waals surface area contributed by atoms with Gasteiger partial charge in [0.15, 0.2) is 0 Å². The van der Waals surface area contributed by atoms with E-state index in [4.69, 9.17) is 9.97 Å². The van der Waals surface area contributed by atoms with Crippen molar-refractivity contribution in [2.24, 2.45) is 0 Å². The fourth-order valence-corrected chi connectivity index (χ4v) is 12.0. The number of rotatable bonds is 5. The van der Waals surface area contributed by atoms with E-state index in [1.807, 2.05) is 11.8 Å². The topological polar surface area (TPSA) is 35.6 Å². The molecule has 5 heteroatoms. The summed E-state index contributed by atoms with van der Waals surface area (Å²) in [5.41, 5.74) is 16.4. The molecule has 7 aromatic carbocycles. The zero-order valence-electron chi connectivity index (χ0n) is 34.2. The van der Waals surface area contributed by atoms with Crippen molar-refractivity contribution in [2.45, 2.75) is 35.3 Å². The van der Waals surface area contributed by atoms with E-state index in [9.17, 15) is 0 Å². The number of allylic oxidation sites excluding steroid dienone is 4. The quantitative estimate of drug-likeness (QED) is 0.174. The van der Waals surface area contributed by atoms with Gasteiger partial charge in [-0.2, -0.15) is 0 Å². The van der Waals surface area contributed by atoms with Crippen molar-refractivity contribution in [2.75, 3.05) is 0 Å². The molecule has 10 aromatic rings. The predicted molar refractivity (Wildman–Crippen MR) is 260 cm³/mol. The second-order valence-electron chi connectivity index (χ2n) is 17.0. The third-order valence-electron chi connectivity index (χ3n) is 13.4. The van der Waals surface area contributed by atoms with Crippen molar-refractivity contribution in [1.29, 1.82) is 0 Å². The second-order valence-corrected chi connectivity index (χ2v) is 18.5. The van der Waals surface area contributed by atoms with Crippen LogP contribution in [0.4, 0.5) is 0 Å². The molecular formula is C57H40N4S. The first-order valence-electron chi connectivity index (χ1n) is 21.6. The molecule has 4 heterocycles. The Kier molecular flexibility index (Phi) is 7.82. The highest BCUT2D eigenvalue weighted by atomic mass is 32.2. The number of hydrogen-bond donors (Lipinski definition) is 0. The highest BCUT2D eigenvalue weighted by Gasteiger charge is 2.42. The minimum atomic E-state index is -0.00439. The molecule has 0 saturated heterocycles. The highest BCUT2D eigenvalue weighted by molar-refractivity contribution is 8.01. The van der Waals surface area contributed by atoms with Crippen LogP contribution in [-0.2, 0) is 6.42 Å². The maximum atomic E-state index is 5.54. The molecule has 62 heavy (non-hydrogen) atoms. The Morgan fingerprint density at radius 1 is 0.629 bits per heavy atom. The zero-order valence-corrected chi connectivity index (χ0v) is 35.0. The van der Waals surface area contributed by atoms with Gasteiger partial charge in [0.1, 0.15) is 0 Å². The SMILES string of the molecule is CC12C=CC=CC1c1cccc(-c3ccc4c(c3)c3c5c(ccc3n4-c3nc(-c4ccc(-c6ccccc6)cc4)c4ccccc4n3)c3c(n5-c4ccccc4)CCC=C3)c1S2. The summed E-state index contributed by atoms with van der Waals surface area (Å²) in [6.07, 6.45) is 15.8. The maximum absolute atomic E-state index is 5.54. The molecule has 3 aromatic heterocycles. The molecule has 2 aliphatic carbocycles. The summed E-state index contributed by atoms with van der Waals surface area (Å²) >= 11 is 2.00. The van der Waals surface area contributed by atoms with Crippen LogP contribution in [0.5, 0.6) is 0 Å². The summed E-state index contributed by atoms with van der Waals surface area (Å²) in [6.45, 7) is 2.38. The second kappa shape index (κ2) is 13.7. The lowest BCUT2D eigenvalue weighted by atomic mass is 9.83. The van der Waals surface area contributed by atoms with E-state index in [-0.39, 0.29) is 4.75 Å². The van der Waals surface area contributed by atoms with Gasteiger partial charge in [-0.05, 0) is 84.0 Å². The number of benzene rings is 7. The van der Waals surface area contributed by atoms with E-state index in [2.05, 4.69) is 210 Å². The summed E-state index contributed by atoms with van der Waals surface area (Å²) < 4.78 is 4.85. The molecule has 0 bridgehead atoms. The van der Waals surface area contributed by atoms with E-state index in [1.165, 1.54) is 71.3 Å². The largest absolute Gasteiger partial charge is 0.312 e.